The maximum absolute atomic E-state index is 5.22. The molecule has 0 saturated carbocycles. The van der Waals surface area contributed by atoms with Crippen molar-refractivity contribution >= 4 is 64.2 Å². The summed E-state index contributed by atoms with van der Waals surface area (Å²) in [5.74, 6) is 0.672. The van der Waals surface area contributed by atoms with Gasteiger partial charge in [0, 0.05) is 41.9 Å². The Kier molecular flexibility index (Phi) is 6.05. The summed E-state index contributed by atoms with van der Waals surface area (Å²) >= 11 is 1.86. The van der Waals surface area contributed by atoms with E-state index in [-0.39, 0.29) is 0 Å². The summed E-state index contributed by atoms with van der Waals surface area (Å²) in [7, 11) is 0. The third kappa shape index (κ3) is 4.27. The van der Waals surface area contributed by atoms with E-state index in [9.17, 15) is 0 Å². The zero-order chi connectivity index (χ0) is 31.6. The molecule has 0 aliphatic carbocycles. The number of thiophene rings is 1. The first-order valence-electron chi connectivity index (χ1n) is 16.2. The van der Waals surface area contributed by atoms with Crippen LogP contribution < -0.4 is 0 Å². The molecular weight excluding hydrogens is 603 g/mol. The van der Waals surface area contributed by atoms with Crippen molar-refractivity contribution in [2.24, 2.45) is 0 Å². The van der Waals surface area contributed by atoms with Gasteiger partial charge in [-0.2, -0.15) is 0 Å². The highest BCUT2D eigenvalue weighted by molar-refractivity contribution is 7.25. The minimum atomic E-state index is 0.672. The molecule has 0 aliphatic heterocycles. The highest BCUT2D eigenvalue weighted by Crippen LogP contribution is 2.38. The molecular formula is C44H27N3S. The molecule has 3 nitrogen and oxygen atoms in total. The second kappa shape index (κ2) is 10.7. The number of fused-ring (bicyclic) bond motifs is 7. The van der Waals surface area contributed by atoms with E-state index >= 15 is 0 Å². The highest BCUT2D eigenvalue weighted by atomic mass is 32.1. The topological polar surface area (TPSA) is 30.7 Å². The van der Waals surface area contributed by atoms with Gasteiger partial charge >= 0.3 is 0 Å². The molecule has 0 bridgehead atoms. The zero-order valence-electron chi connectivity index (χ0n) is 25.8. The van der Waals surface area contributed by atoms with Gasteiger partial charge in [-0.1, -0.05) is 121 Å². The summed E-state index contributed by atoms with van der Waals surface area (Å²) in [6.07, 6.45) is 0. The first kappa shape index (κ1) is 27.1. The SMILES string of the molecule is c1ccc(-c2nc(-n3c4ccccc4c4cc(-c5ccc(-c6ccc7sc8ccccc8c7c6)cc5)ccc43)nc3ccccc23)cc1. The number of nitrogens with zero attached hydrogens (tertiary/aromatic N) is 3. The zero-order valence-corrected chi connectivity index (χ0v) is 26.7. The van der Waals surface area contributed by atoms with Crippen LogP contribution in [0.5, 0.6) is 0 Å². The van der Waals surface area contributed by atoms with E-state index in [2.05, 4.69) is 156 Å². The second-order valence-corrected chi connectivity index (χ2v) is 13.3. The van der Waals surface area contributed by atoms with Crippen LogP contribution in [0.4, 0.5) is 0 Å². The van der Waals surface area contributed by atoms with E-state index in [4.69, 9.17) is 9.97 Å². The Morgan fingerprint density at radius 2 is 0.958 bits per heavy atom. The molecule has 0 amide bonds. The van der Waals surface area contributed by atoms with Gasteiger partial charge in [0.05, 0.1) is 22.2 Å². The predicted octanol–water partition coefficient (Wildman–Crippen LogP) is 12.1. The Morgan fingerprint density at radius 3 is 1.77 bits per heavy atom. The number of para-hydroxylation sites is 2. The van der Waals surface area contributed by atoms with E-state index in [0.29, 0.717) is 5.95 Å². The van der Waals surface area contributed by atoms with Gasteiger partial charge in [0.1, 0.15) is 0 Å². The Labute approximate surface area is 281 Å². The average Bonchev–Trinajstić information content (AvgIpc) is 3.70. The van der Waals surface area contributed by atoms with Gasteiger partial charge in [0.15, 0.2) is 0 Å². The van der Waals surface area contributed by atoms with Crippen LogP contribution in [0.15, 0.2) is 164 Å². The average molecular weight is 630 g/mol. The summed E-state index contributed by atoms with van der Waals surface area (Å²) in [6, 6.07) is 58.4. The summed E-state index contributed by atoms with van der Waals surface area (Å²) in [4.78, 5) is 10.3. The summed E-state index contributed by atoms with van der Waals surface area (Å²) in [5.41, 5.74) is 9.94. The second-order valence-electron chi connectivity index (χ2n) is 12.2. The number of aromatic nitrogens is 3. The Morgan fingerprint density at radius 1 is 0.375 bits per heavy atom. The smallest absolute Gasteiger partial charge is 0.235 e. The molecule has 0 saturated heterocycles. The highest BCUT2D eigenvalue weighted by Gasteiger charge is 2.18. The normalized spacial score (nSPS) is 11.8. The largest absolute Gasteiger partial charge is 0.278 e. The maximum Gasteiger partial charge on any atom is 0.235 e. The van der Waals surface area contributed by atoms with E-state index in [1.165, 1.54) is 53.2 Å². The monoisotopic (exact) mass is 629 g/mol. The quantitative estimate of drug-likeness (QED) is 0.194. The van der Waals surface area contributed by atoms with Crippen molar-refractivity contribution in [1.82, 2.24) is 14.5 Å². The molecule has 0 unspecified atom stereocenters. The third-order valence-corrected chi connectivity index (χ3v) is 10.6. The van der Waals surface area contributed by atoms with Crippen LogP contribution in [0.3, 0.4) is 0 Å². The van der Waals surface area contributed by atoms with Gasteiger partial charge in [-0.3, -0.25) is 4.57 Å². The molecule has 0 fully saturated rings. The number of hydrogen-bond acceptors (Lipinski definition) is 3. The van der Waals surface area contributed by atoms with Crippen molar-refractivity contribution in [2.75, 3.05) is 0 Å². The fourth-order valence-corrected chi connectivity index (χ4v) is 8.20. The molecule has 3 heterocycles. The summed E-state index contributed by atoms with van der Waals surface area (Å²) in [6.45, 7) is 0. The lowest BCUT2D eigenvalue weighted by Crippen LogP contribution is -2.03. The van der Waals surface area contributed by atoms with Crippen molar-refractivity contribution in [3.8, 4) is 39.5 Å². The minimum absolute atomic E-state index is 0.672. The van der Waals surface area contributed by atoms with Crippen LogP contribution in [-0.2, 0) is 0 Å². The van der Waals surface area contributed by atoms with Crippen molar-refractivity contribution in [3.63, 3.8) is 0 Å². The van der Waals surface area contributed by atoms with Crippen LogP contribution in [0.25, 0.3) is 92.3 Å². The van der Waals surface area contributed by atoms with E-state index in [1.807, 2.05) is 23.5 Å². The van der Waals surface area contributed by atoms with Gasteiger partial charge < -0.3 is 0 Å². The number of benzene rings is 7. The van der Waals surface area contributed by atoms with Gasteiger partial charge in [-0.25, -0.2) is 9.97 Å². The molecule has 10 aromatic rings. The van der Waals surface area contributed by atoms with Gasteiger partial charge in [-0.15, -0.1) is 11.3 Å². The summed E-state index contributed by atoms with van der Waals surface area (Å²) in [5, 5.41) is 6.06. The van der Waals surface area contributed by atoms with E-state index < -0.39 is 0 Å². The lowest BCUT2D eigenvalue weighted by atomic mass is 9.98. The van der Waals surface area contributed by atoms with Crippen LogP contribution in [0.2, 0.25) is 0 Å². The van der Waals surface area contributed by atoms with Gasteiger partial charge in [0.25, 0.3) is 0 Å². The standard InChI is InChI=1S/C44H27N3S/c1-2-10-30(11-3-1)43-35-14-4-7-15-38(35)45-44(46-43)47-39-16-8-5-12-33(39)36-26-31(22-24-40(36)47)28-18-20-29(21-19-28)32-23-25-42-37(27-32)34-13-6-9-17-41(34)48-42/h1-27H. The molecule has 48 heavy (non-hydrogen) atoms. The lowest BCUT2D eigenvalue weighted by Gasteiger charge is -2.12. The molecule has 0 spiro atoms. The Bertz CT molecular complexity index is 2830. The van der Waals surface area contributed by atoms with Crippen molar-refractivity contribution < 1.29 is 0 Å². The Hall–Kier alpha value is -6.10. The fourth-order valence-electron chi connectivity index (χ4n) is 7.11. The van der Waals surface area contributed by atoms with Crippen LogP contribution in [-0.4, -0.2) is 14.5 Å². The molecule has 3 aromatic heterocycles. The molecule has 0 N–H and O–H groups in total. The number of rotatable bonds is 4. The minimum Gasteiger partial charge on any atom is -0.278 e. The molecule has 224 valence electrons. The van der Waals surface area contributed by atoms with Crippen molar-refractivity contribution in [2.45, 2.75) is 0 Å². The third-order valence-electron chi connectivity index (χ3n) is 9.44. The molecule has 0 atom stereocenters. The number of hydrogen-bond donors (Lipinski definition) is 0. The first-order chi connectivity index (χ1) is 23.8. The van der Waals surface area contributed by atoms with Gasteiger partial charge in [-0.05, 0) is 64.7 Å². The first-order valence-corrected chi connectivity index (χ1v) is 17.0. The predicted molar refractivity (Wildman–Crippen MR) is 203 cm³/mol. The van der Waals surface area contributed by atoms with E-state index in [1.54, 1.807) is 0 Å². The van der Waals surface area contributed by atoms with Crippen LogP contribution in [0.1, 0.15) is 0 Å². The Balaban J connectivity index is 1.09. The molecule has 7 aromatic carbocycles. The molecule has 10 rings (SSSR count). The molecule has 0 radical (unpaired) electrons. The van der Waals surface area contributed by atoms with E-state index in [0.717, 1.165) is 33.2 Å². The molecule has 4 heteroatoms. The fraction of sp³-hybridized carbons (Fsp3) is 0. The van der Waals surface area contributed by atoms with Gasteiger partial charge in [0.2, 0.25) is 5.95 Å². The van der Waals surface area contributed by atoms with Crippen LogP contribution in [0, 0.1) is 0 Å². The van der Waals surface area contributed by atoms with Crippen LogP contribution >= 0.6 is 11.3 Å². The lowest BCUT2D eigenvalue weighted by molar-refractivity contribution is 1.01. The van der Waals surface area contributed by atoms with Crippen molar-refractivity contribution in [3.05, 3.63) is 164 Å². The maximum atomic E-state index is 5.22. The van der Waals surface area contributed by atoms with Crippen molar-refractivity contribution in [1.29, 1.82) is 0 Å². The molecule has 0 aliphatic rings. The summed E-state index contributed by atoms with van der Waals surface area (Å²) < 4.78 is 4.87.